The lowest BCUT2D eigenvalue weighted by Gasteiger charge is -2.09. The van der Waals surface area contributed by atoms with Crippen LogP contribution in [-0.4, -0.2) is 24.4 Å². The molecule has 0 saturated carbocycles. The minimum Gasteiger partial charge on any atom is -0.391 e. The molecule has 0 aliphatic heterocycles. The molecule has 0 spiro atoms. The summed E-state index contributed by atoms with van der Waals surface area (Å²) in [6, 6.07) is 0. The molecule has 0 aromatic carbocycles. The van der Waals surface area contributed by atoms with Crippen LogP contribution in [0, 0.1) is 0 Å². The molecule has 0 rings (SSSR count). The maximum Gasteiger partial charge on any atom is 0.0773 e. The zero-order valence-electron chi connectivity index (χ0n) is 11.9. The van der Waals surface area contributed by atoms with E-state index >= 15 is 0 Å². The normalized spacial score (nSPS) is 12.9. The van der Waals surface area contributed by atoms with Crippen molar-refractivity contribution in [1.82, 2.24) is 0 Å². The van der Waals surface area contributed by atoms with Crippen molar-refractivity contribution in [3.8, 4) is 0 Å². The summed E-state index contributed by atoms with van der Waals surface area (Å²) in [7, 11) is 0. The fourth-order valence-electron chi connectivity index (χ4n) is 2.03. The zero-order valence-corrected chi connectivity index (χ0v) is 11.9. The Kier molecular flexibility index (Phi) is 13.9. The highest BCUT2D eigenvalue weighted by molar-refractivity contribution is 4.55. The molecule has 0 aliphatic rings. The summed E-state index contributed by atoms with van der Waals surface area (Å²) < 4.78 is 5.18. The summed E-state index contributed by atoms with van der Waals surface area (Å²) in [5, 5.41) is 9.56. The van der Waals surface area contributed by atoms with Gasteiger partial charge < -0.3 is 9.84 Å². The number of ether oxygens (including phenoxy) is 1. The van der Waals surface area contributed by atoms with E-state index in [4.69, 9.17) is 4.74 Å². The summed E-state index contributed by atoms with van der Waals surface area (Å²) >= 11 is 0. The Labute approximate surface area is 108 Å². The molecule has 0 amide bonds. The van der Waals surface area contributed by atoms with E-state index in [9.17, 15) is 5.11 Å². The van der Waals surface area contributed by atoms with Crippen molar-refractivity contribution in [2.45, 2.75) is 84.2 Å². The fraction of sp³-hybridized carbons (Fsp3) is 1.00. The van der Waals surface area contributed by atoms with Crippen molar-refractivity contribution in [2.24, 2.45) is 0 Å². The molecule has 1 unspecified atom stereocenters. The molecule has 0 heterocycles. The van der Waals surface area contributed by atoms with Gasteiger partial charge in [0.25, 0.3) is 0 Å². The van der Waals surface area contributed by atoms with Crippen molar-refractivity contribution in [3.05, 3.63) is 0 Å². The number of hydrogen-bond acceptors (Lipinski definition) is 2. The van der Waals surface area contributed by atoms with Crippen LogP contribution in [0.2, 0.25) is 0 Å². The molecule has 0 aliphatic carbocycles. The van der Waals surface area contributed by atoms with E-state index in [1.165, 1.54) is 51.4 Å². The summed E-state index contributed by atoms with van der Waals surface area (Å²) in [5.74, 6) is 0. The van der Waals surface area contributed by atoms with E-state index in [-0.39, 0.29) is 6.10 Å². The van der Waals surface area contributed by atoms with Gasteiger partial charge in [-0.2, -0.15) is 0 Å². The number of unbranched alkanes of at least 4 members (excludes halogenated alkanes) is 8. The first-order chi connectivity index (χ1) is 8.31. The fourth-order valence-corrected chi connectivity index (χ4v) is 2.03. The van der Waals surface area contributed by atoms with Crippen LogP contribution < -0.4 is 0 Å². The second-order valence-electron chi connectivity index (χ2n) is 4.93. The standard InChI is InChI=1S/C15H32O2/c1-3-5-6-7-8-9-10-11-12-13-15(16)14-17-4-2/h15-16H,3-14H2,1-2H3. The van der Waals surface area contributed by atoms with Crippen molar-refractivity contribution < 1.29 is 9.84 Å². The van der Waals surface area contributed by atoms with E-state index in [0.29, 0.717) is 13.2 Å². The Morgan fingerprint density at radius 3 is 1.88 bits per heavy atom. The van der Waals surface area contributed by atoms with Gasteiger partial charge in [-0.3, -0.25) is 0 Å². The topological polar surface area (TPSA) is 29.5 Å². The molecule has 1 atom stereocenters. The smallest absolute Gasteiger partial charge is 0.0773 e. The molecule has 2 heteroatoms. The van der Waals surface area contributed by atoms with E-state index < -0.39 is 0 Å². The highest BCUT2D eigenvalue weighted by atomic mass is 16.5. The molecule has 17 heavy (non-hydrogen) atoms. The lowest BCUT2D eigenvalue weighted by Crippen LogP contribution is -2.14. The van der Waals surface area contributed by atoms with Crippen LogP contribution in [0.1, 0.15) is 78.1 Å². The molecule has 0 aromatic rings. The second kappa shape index (κ2) is 14.0. The molecule has 0 radical (unpaired) electrons. The zero-order chi connectivity index (χ0) is 12.8. The number of aliphatic hydroxyl groups excluding tert-OH is 1. The van der Waals surface area contributed by atoms with Gasteiger partial charge in [0.1, 0.15) is 0 Å². The number of aliphatic hydroxyl groups is 1. The van der Waals surface area contributed by atoms with Crippen LogP contribution in [0.5, 0.6) is 0 Å². The van der Waals surface area contributed by atoms with E-state index in [1.807, 2.05) is 6.92 Å². The molecule has 0 aromatic heterocycles. The molecule has 0 bridgehead atoms. The van der Waals surface area contributed by atoms with Crippen LogP contribution in [0.3, 0.4) is 0 Å². The van der Waals surface area contributed by atoms with Gasteiger partial charge in [0.15, 0.2) is 0 Å². The van der Waals surface area contributed by atoms with Gasteiger partial charge in [0, 0.05) is 6.61 Å². The van der Waals surface area contributed by atoms with Crippen LogP contribution >= 0.6 is 0 Å². The van der Waals surface area contributed by atoms with E-state index in [1.54, 1.807) is 0 Å². The SMILES string of the molecule is CCCCCCCCCCCC(O)COCC. The molecule has 0 saturated heterocycles. The first-order valence-electron chi connectivity index (χ1n) is 7.57. The summed E-state index contributed by atoms with van der Waals surface area (Å²) in [6.45, 7) is 5.43. The summed E-state index contributed by atoms with van der Waals surface area (Å²) in [4.78, 5) is 0. The van der Waals surface area contributed by atoms with Crippen LogP contribution in [-0.2, 0) is 4.74 Å². The van der Waals surface area contributed by atoms with Crippen molar-refractivity contribution >= 4 is 0 Å². The van der Waals surface area contributed by atoms with Gasteiger partial charge in [-0.1, -0.05) is 64.7 Å². The second-order valence-corrected chi connectivity index (χ2v) is 4.93. The maximum absolute atomic E-state index is 9.56. The Hall–Kier alpha value is -0.0800. The summed E-state index contributed by atoms with van der Waals surface area (Å²) in [6.07, 6.45) is 12.7. The first kappa shape index (κ1) is 16.9. The van der Waals surface area contributed by atoms with Gasteiger partial charge in [-0.05, 0) is 13.3 Å². The molecular weight excluding hydrogens is 212 g/mol. The predicted octanol–water partition coefficient (Wildman–Crippen LogP) is 4.30. The Morgan fingerprint density at radius 2 is 1.35 bits per heavy atom. The Morgan fingerprint density at radius 1 is 0.824 bits per heavy atom. The van der Waals surface area contributed by atoms with Gasteiger partial charge in [-0.25, -0.2) is 0 Å². The molecule has 104 valence electrons. The lowest BCUT2D eigenvalue weighted by molar-refractivity contribution is 0.0368. The quantitative estimate of drug-likeness (QED) is 0.489. The van der Waals surface area contributed by atoms with Gasteiger partial charge in [0.2, 0.25) is 0 Å². The molecule has 0 fully saturated rings. The number of hydrogen-bond donors (Lipinski definition) is 1. The summed E-state index contributed by atoms with van der Waals surface area (Å²) in [5.41, 5.74) is 0. The van der Waals surface area contributed by atoms with Gasteiger partial charge >= 0.3 is 0 Å². The van der Waals surface area contributed by atoms with Crippen LogP contribution in [0.4, 0.5) is 0 Å². The highest BCUT2D eigenvalue weighted by Crippen LogP contribution is 2.11. The van der Waals surface area contributed by atoms with Crippen molar-refractivity contribution in [1.29, 1.82) is 0 Å². The Bertz CT molecular complexity index is 137. The minimum atomic E-state index is -0.250. The first-order valence-corrected chi connectivity index (χ1v) is 7.57. The third-order valence-electron chi connectivity index (χ3n) is 3.16. The van der Waals surface area contributed by atoms with Gasteiger partial charge in [0.05, 0.1) is 12.7 Å². The lowest BCUT2D eigenvalue weighted by atomic mass is 10.1. The van der Waals surface area contributed by atoms with Crippen LogP contribution in [0.15, 0.2) is 0 Å². The minimum absolute atomic E-state index is 0.250. The van der Waals surface area contributed by atoms with E-state index in [2.05, 4.69) is 6.92 Å². The van der Waals surface area contributed by atoms with Crippen molar-refractivity contribution in [3.63, 3.8) is 0 Å². The molecular formula is C15H32O2. The number of rotatable bonds is 13. The Balaban J connectivity index is 3.02. The third kappa shape index (κ3) is 13.9. The third-order valence-corrected chi connectivity index (χ3v) is 3.16. The average molecular weight is 244 g/mol. The largest absolute Gasteiger partial charge is 0.391 e. The molecule has 1 N–H and O–H groups in total. The van der Waals surface area contributed by atoms with Gasteiger partial charge in [-0.15, -0.1) is 0 Å². The molecule has 2 nitrogen and oxygen atoms in total. The monoisotopic (exact) mass is 244 g/mol. The van der Waals surface area contributed by atoms with Crippen molar-refractivity contribution in [2.75, 3.05) is 13.2 Å². The predicted molar refractivity (Wildman–Crippen MR) is 74.3 cm³/mol. The highest BCUT2D eigenvalue weighted by Gasteiger charge is 2.02. The maximum atomic E-state index is 9.56. The average Bonchev–Trinajstić information content (AvgIpc) is 2.34. The van der Waals surface area contributed by atoms with Crippen LogP contribution in [0.25, 0.3) is 0 Å². The van der Waals surface area contributed by atoms with E-state index in [0.717, 1.165) is 12.8 Å².